The van der Waals surface area contributed by atoms with Gasteiger partial charge in [-0.2, -0.15) is 5.10 Å². The number of fused-ring (bicyclic) bond motifs is 1. The lowest BCUT2D eigenvalue weighted by atomic mass is 10.1. The molecule has 83 valence electrons. The molecular formula is C11H13N4O. The third-order valence-corrected chi connectivity index (χ3v) is 2.80. The summed E-state index contributed by atoms with van der Waals surface area (Å²) in [4.78, 5) is 4.32. The second-order valence-corrected chi connectivity index (χ2v) is 3.98. The number of pyridine rings is 1. The Morgan fingerprint density at radius 2 is 2.56 bits per heavy atom. The fourth-order valence-electron chi connectivity index (χ4n) is 1.97. The van der Waals surface area contributed by atoms with Gasteiger partial charge in [0, 0.05) is 12.8 Å². The van der Waals surface area contributed by atoms with Crippen LogP contribution in [0.15, 0.2) is 12.3 Å². The van der Waals surface area contributed by atoms with Gasteiger partial charge in [0.25, 0.3) is 0 Å². The first kappa shape index (κ1) is 9.59. The molecule has 1 aliphatic heterocycles. The van der Waals surface area contributed by atoms with Gasteiger partial charge in [-0.15, -0.1) is 0 Å². The number of nitrogens with one attached hydrogen (secondary N) is 2. The van der Waals surface area contributed by atoms with E-state index in [2.05, 4.69) is 26.7 Å². The molecule has 3 heterocycles. The summed E-state index contributed by atoms with van der Waals surface area (Å²) in [7, 11) is 0. The van der Waals surface area contributed by atoms with Crippen LogP contribution in [-0.4, -0.2) is 34.4 Å². The number of rotatable bonds is 2. The Labute approximate surface area is 93.2 Å². The van der Waals surface area contributed by atoms with Gasteiger partial charge in [0.2, 0.25) is 0 Å². The van der Waals surface area contributed by atoms with Crippen molar-refractivity contribution in [3.63, 3.8) is 0 Å². The van der Waals surface area contributed by atoms with Gasteiger partial charge in [-0.05, 0) is 18.9 Å². The molecule has 0 saturated carbocycles. The summed E-state index contributed by atoms with van der Waals surface area (Å²) in [5, 5.41) is 11.1. The highest BCUT2D eigenvalue weighted by atomic mass is 16.5. The van der Waals surface area contributed by atoms with E-state index in [1.54, 1.807) is 6.20 Å². The molecule has 0 aliphatic carbocycles. The lowest BCUT2D eigenvalue weighted by Crippen LogP contribution is -2.30. The van der Waals surface area contributed by atoms with Crippen LogP contribution in [0, 0.1) is 6.20 Å². The SMILES string of the molecule is [c]1n[nH]c2ccnc(NC3CCCOC3)c12. The topological polar surface area (TPSA) is 62.8 Å². The van der Waals surface area contributed by atoms with E-state index >= 15 is 0 Å². The maximum Gasteiger partial charge on any atom is 0.138 e. The van der Waals surface area contributed by atoms with E-state index in [4.69, 9.17) is 4.74 Å². The Kier molecular flexibility index (Phi) is 2.46. The van der Waals surface area contributed by atoms with Crippen molar-refractivity contribution >= 4 is 16.7 Å². The van der Waals surface area contributed by atoms with Gasteiger partial charge >= 0.3 is 0 Å². The molecule has 0 amide bonds. The number of anilines is 1. The third kappa shape index (κ3) is 1.74. The second-order valence-electron chi connectivity index (χ2n) is 3.98. The highest BCUT2D eigenvalue weighted by molar-refractivity contribution is 5.87. The van der Waals surface area contributed by atoms with Crippen molar-refractivity contribution in [2.75, 3.05) is 18.5 Å². The van der Waals surface area contributed by atoms with Crippen molar-refractivity contribution < 1.29 is 4.74 Å². The molecule has 1 atom stereocenters. The molecule has 5 nitrogen and oxygen atoms in total. The zero-order valence-corrected chi connectivity index (χ0v) is 8.86. The van der Waals surface area contributed by atoms with Crippen molar-refractivity contribution in [2.24, 2.45) is 0 Å². The van der Waals surface area contributed by atoms with Crippen molar-refractivity contribution in [3.8, 4) is 0 Å². The molecule has 0 bridgehead atoms. The summed E-state index contributed by atoms with van der Waals surface area (Å²) in [5.41, 5.74) is 0.953. The summed E-state index contributed by atoms with van der Waals surface area (Å²) in [5.74, 6) is 0.835. The van der Waals surface area contributed by atoms with Gasteiger partial charge in [0.15, 0.2) is 0 Å². The largest absolute Gasteiger partial charge is 0.379 e. The van der Waals surface area contributed by atoms with Crippen molar-refractivity contribution in [3.05, 3.63) is 18.5 Å². The van der Waals surface area contributed by atoms with Gasteiger partial charge in [-0.1, -0.05) is 0 Å². The molecule has 3 rings (SSSR count). The summed E-state index contributed by atoms with van der Waals surface area (Å²) in [6.45, 7) is 1.61. The smallest absolute Gasteiger partial charge is 0.138 e. The zero-order valence-electron chi connectivity index (χ0n) is 8.86. The first-order chi connectivity index (χ1) is 7.93. The van der Waals surface area contributed by atoms with Crippen molar-refractivity contribution in [1.29, 1.82) is 0 Å². The van der Waals surface area contributed by atoms with Crippen LogP contribution in [0.4, 0.5) is 5.82 Å². The van der Waals surface area contributed by atoms with Gasteiger partial charge in [-0.3, -0.25) is 5.10 Å². The molecule has 0 spiro atoms. The summed E-state index contributed by atoms with van der Waals surface area (Å²) >= 11 is 0. The van der Waals surface area contributed by atoms with Crippen LogP contribution >= 0.6 is 0 Å². The standard InChI is InChI=1S/C11H13N4O/c1-2-8(7-16-5-1)14-11-9-6-13-15-10(9)3-4-12-11/h3-4,8H,1-2,5,7H2,(H,12,14)(H,13,15). The first-order valence-corrected chi connectivity index (χ1v) is 5.48. The number of nitrogens with zero attached hydrogens (tertiary/aromatic N) is 2. The van der Waals surface area contributed by atoms with E-state index in [1.807, 2.05) is 6.07 Å². The van der Waals surface area contributed by atoms with Crippen LogP contribution in [0.3, 0.4) is 0 Å². The molecule has 1 aliphatic rings. The fourth-order valence-corrected chi connectivity index (χ4v) is 1.97. The minimum Gasteiger partial charge on any atom is -0.379 e. The van der Waals surface area contributed by atoms with Gasteiger partial charge in [0.1, 0.15) is 12.0 Å². The Hall–Kier alpha value is -1.62. The van der Waals surface area contributed by atoms with Crippen LogP contribution in [0.2, 0.25) is 0 Å². The molecule has 1 saturated heterocycles. The summed E-state index contributed by atoms with van der Waals surface area (Å²) < 4.78 is 5.42. The van der Waals surface area contributed by atoms with Crippen LogP contribution in [0.5, 0.6) is 0 Å². The van der Waals surface area contributed by atoms with Gasteiger partial charge in [-0.25, -0.2) is 4.98 Å². The van der Waals surface area contributed by atoms with E-state index in [1.165, 1.54) is 0 Å². The van der Waals surface area contributed by atoms with Gasteiger partial charge < -0.3 is 10.1 Å². The Bertz CT molecular complexity index is 476. The Balaban J connectivity index is 1.85. The van der Waals surface area contributed by atoms with E-state index in [0.717, 1.165) is 42.8 Å². The quantitative estimate of drug-likeness (QED) is 0.797. The van der Waals surface area contributed by atoms with E-state index in [0.29, 0.717) is 6.04 Å². The monoisotopic (exact) mass is 217 g/mol. The minimum absolute atomic E-state index is 0.343. The molecule has 1 fully saturated rings. The Morgan fingerprint density at radius 3 is 3.44 bits per heavy atom. The first-order valence-electron chi connectivity index (χ1n) is 5.48. The molecule has 16 heavy (non-hydrogen) atoms. The molecule has 2 N–H and O–H groups in total. The molecular weight excluding hydrogens is 204 g/mol. The van der Waals surface area contributed by atoms with Crippen LogP contribution < -0.4 is 5.32 Å². The number of H-pyrrole nitrogens is 1. The molecule has 2 aromatic heterocycles. The lowest BCUT2D eigenvalue weighted by molar-refractivity contribution is 0.0875. The third-order valence-electron chi connectivity index (χ3n) is 2.80. The predicted molar refractivity (Wildman–Crippen MR) is 60.2 cm³/mol. The number of aromatic amines is 1. The maximum atomic E-state index is 5.42. The number of hydrogen-bond acceptors (Lipinski definition) is 4. The van der Waals surface area contributed by atoms with Crippen molar-refractivity contribution in [2.45, 2.75) is 18.9 Å². The normalized spacial score (nSPS) is 21.1. The van der Waals surface area contributed by atoms with Crippen LogP contribution in [-0.2, 0) is 4.74 Å². The highest BCUT2D eigenvalue weighted by Crippen LogP contribution is 2.20. The second kappa shape index (κ2) is 4.09. The number of hydrogen-bond donors (Lipinski definition) is 2. The van der Waals surface area contributed by atoms with E-state index in [-0.39, 0.29) is 0 Å². The molecule has 1 radical (unpaired) electrons. The maximum absolute atomic E-state index is 5.42. The number of ether oxygens (including phenoxy) is 1. The van der Waals surface area contributed by atoms with Crippen LogP contribution in [0.25, 0.3) is 10.9 Å². The van der Waals surface area contributed by atoms with Gasteiger partial charge in [0.05, 0.1) is 23.6 Å². The minimum atomic E-state index is 0.343. The van der Waals surface area contributed by atoms with E-state index in [9.17, 15) is 0 Å². The Morgan fingerprint density at radius 1 is 1.56 bits per heavy atom. The molecule has 0 aromatic carbocycles. The highest BCUT2D eigenvalue weighted by Gasteiger charge is 2.15. The average molecular weight is 217 g/mol. The van der Waals surface area contributed by atoms with Crippen molar-refractivity contribution in [1.82, 2.24) is 15.2 Å². The predicted octanol–water partition coefficient (Wildman–Crippen LogP) is 1.35. The van der Waals surface area contributed by atoms with Crippen LogP contribution in [0.1, 0.15) is 12.8 Å². The molecule has 5 heteroatoms. The average Bonchev–Trinajstić information content (AvgIpc) is 2.80. The lowest BCUT2D eigenvalue weighted by Gasteiger charge is -2.23. The fraction of sp³-hybridized carbons (Fsp3) is 0.455. The summed E-state index contributed by atoms with van der Waals surface area (Å²) in [6, 6.07) is 2.23. The molecule has 2 aromatic rings. The van der Waals surface area contributed by atoms with E-state index < -0.39 is 0 Å². The molecule has 1 unspecified atom stereocenters. The number of aromatic nitrogens is 3. The zero-order chi connectivity index (χ0) is 10.8. The summed E-state index contributed by atoms with van der Waals surface area (Å²) in [6.07, 6.45) is 6.89.